The lowest BCUT2D eigenvalue weighted by molar-refractivity contribution is -0.147. The van der Waals surface area contributed by atoms with Crippen LogP contribution in [0.2, 0.25) is 0 Å². The van der Waals surface area contributed by atoms with Gasteiger partial charge in [-0.1, -0.05) is 26.0 Å². The highest BCUT2D eigenvalue weighted by atomic mass is 16.7. The summed E-state index contributed by atoms with van der Waals surface area (Å²) in [5.41, 5.74) is 0.620. The Morgan fingerprint density at radius 3 is 2.77 bits per heavy atom. The van der Waals surface area contributed by atoms with Crippen LogP contribution in [-0.4, -0.2) is 12.8 Å². The zero-order chi connectivity index (χ0) is 10.1. The first kappa shape index (κ1) is 11.8. The van der Waals surface area contributed by atoms with Crippen molar-refractivity contribution in [2.45, 2.75) is 26.7 Å². The fraction of sp³-hybridized carbons (Fsp3) is 0.500. The van der Waals surface area contributed by atoms with Crippen molar-refractivity contribution in [1.29, 1.82) is 0 Å². The molecule has 0 saturated carbocycles. The molecule has 0 saturated heterocycles. The van der Waals surface area contributed by atoms with Crippen molar-refractivity contribution in [3.8, 4) is 0 Å². The normalized spacial score (nSPS) is 10.8. The molecule has 0 N–H and O–H groups in total. The highest BCUT2D eigenvalue weighted by Crippen LogP contribution is 2.00. The quantitative estimate of drug-likeness (QED) is 0.209. The molecule has 0 aromatic carbocycles. The Kier molecular flexibility index (Phi) is 6.69. The number of allylic oxidation sites excluding steroid dienone is 1. The summed E-state index contributed by atoms with van der Waals surface area (Å²) in [7, 11) is 0. The standard InChI is InChI=1S/C10H16O3/c1-4-6-7-9(3)10(11)13-8-12-5-2/h5,7H,2,4,6,8H2,1,3H3. The Bertz CT molecular complexity index is 194. The first-order valence-electron chi connectivity index (χ1n) is 4.28. The van der Waals surface area contributed by atoms with Crippen molar-refractivity contribution in [3.63, 3.8) is 0 Å². The molecule has 0 aromatic rings. The van der Waals surface area contributed by atoms with Crippen LogP contribution in [0.3, 0.4) is 0 Å². The minimum atomic E-state index is -0.338. The fourth-order valence-corrected chi connectivity index (χ4v) is 0.694. The predicted molar refractivity (Wildman–Crippen MR) is 50.9 cm³/mol. The van der Waals surface area contributed by atoms with Crippen molar-refractivity contribution >= 4 is 5.97 Å². The average molecular weight is 184 g/mol. The second-order valence-corrected chi connectivity index (χ2v) is 2.56. The minimum Gasteiger partial charge on any atom is -0.466 e. The van der Waals surface area contributed by atoms with Crippen molar-refractivity contribution < 1.29 is 14.3 Å². The molecule has 3 nitrogen and oxygen atoms in total. The van der Waals surface area contributed by atoms with E-state index < -0.39 is 0 Å². The van der Waals surface area contributed by atoms with Gasteiger partial charge in [-0.15, -0.1) is 0 Å². The predicted octanol–water partition coefficient (Wildman–Crippen LogP) is 2.39. The number of ether oxygens (including phenoxy) is 2. The van der Waals surface area contributed by atoms with Crippen LogP contribution in [0.4, 0.5) is 0 Å². The number of carbonyl (C=O) groups is 1. The summed E-state index contributed by atoms with van der Waals surface area (Å²) >= 11 is 0. The molecule has 74 valence electrons. The molecular weight excluding hydrogens is 168 g/mol. The van der Waals surface area contributed by atoms with Gasteiger partial charge in [-0.3, -0.25) is 0 Å². The zero-order valence-corrected chi connectivity index (χ0v) is 8.21. The van der Waals surface area contributed by atoms with Crippen LogP contribution in [-0.2, 0) is 14.3 Å². The van der Waals surface area contributed by atoms with Gasteiger partial charge in [0.05, 0.1) is 6.26 Å². The first-order valence-corrected chi connectivity index (χ1v) is 4.28. The molecule has 0 aliphatic rings. The maximum atomic E-state index is 11.1. The van der Waals surface area contributed by atoms with Gasteiger partial charge in [-0.2, -0.15) is 0 Å². The smallest absolute Gasteiger partial charge is 0.336 e. The molecule has 0 atom stereocenters. The van der Waals surface area contributed by atoms with Crippen LogP contribution in [0.1, 0.15) is 26.7 Å². The summed E-state index contributed by atoms with van der Waals surface area (Å²) < 4.78 is 9.39. The third-order valence-corrected chi connectivity index (χ3v) is 1.44. The van der Waals surface area contributed by atoms with Crippen molar-refractivity contribution in [2.24, 2.45) is 0 Å². The van der Waals surface area contributed by atoms with E-state index in [1.165, 1.54) is 6.26 Å². The molecule has 3 heteroatoms. The number of hydrogen-bond donors (Lipinski definition) is 0. The summed E-state index contributed by atoms with van der Waals surface area (Å²) in [5.74, 6) is -0.338. The van der Waals surface area contributed by atoms with Crippen LogP contribution in [0.25, 0.3) is 0 Å². The Balaban J connectivity index is 3.74. The molecule has 0 amide bonds. The molecular formula is C10H16O3. The van der Waals surface area contributed by atoms with Crippen LogP contribution in [0.5, 0.6) is 0 Å². The number of carbonyl (C=O) groups excluding carboxylic acids is 1. The van der Waals surface area contributed by atoms with Crippen LogP contribution in [0.15, 0.2) is 24.5 Å². The molecule has 0 bridgehead atoms. The van der Waals surface area contributed by atoms with Gasteiger partial charge < -0.3 is 9.47 Å². The van der Waals surface area contributed by atoms with E-state index in [1.54, 1.807) is 6.92 Å². The fourth-order valence-electron chi connectivity index (χ4n) is 0.694. The number of rotatable bonds is 6. The largest absolute Gasteiger partial charge is 0.466 e. The van der Waals surface area contributed by atoms with Gasteiger partial charge in [0.1, 0.15) is 0 Å². The highest BCUT2D eigenvalue weighted by Gasteiger charge is 2.03. The van der Waals surface area contributed by atoms with Gasteiger partial charge in [-0.25, -0.2) is 4.79 Å². The van der Waals surface area contributed by atoms with E-state index in [2.05, 4.69) is 18.2 Å². The summed E-state index contributed by atoms with van der Waals surface area (Å²) in [4.78, 5) is 11.1. The van der Waals surface area contributed by atoms with Crippen molar-refractivity contribution in [2.75, 3.05) is 6.79 Å². The molecule has 0 radical (unpaired) electrons. The maximum Gasteiger partial charge on any atom is 0.336 e. The van der Waals surface area contributed by atoms with Gasteiger partial charge >= 0.3 is 5.97 Å². The molecule has 13 heavy (non-hydrogen) atoms. The first-order chi connectivity index (χ1) is 6.22. The lowest BCUT2D eigenvalue weighted by Crippen LogP contribution is -2.07. The van der Waals surface area contributed by atoms with E-state index in [0.717, 1.165) is 12.8 Å². The van der Waals surface area contributed by atoms with Crippen LogP contribution < -0.4 is 0 Å². The Morgan fingerprint density at radius 2 is 2.23 bits per heavy atom. The highest BCUT2D eigenvalue weighted by molar-refractivity contribution is 5.87. The minimum absolute atomic E-state index is 0.0698. The molecule has 0 aliphatic carbocycles. The second kappa shape index (κ2) is 7.40. The molecule has 0 fully saturated rings. The zero-order valence-electron chi connectivity index (χ0n) is 8.21. The lowest BCUT2D eigenvalue weighted by atomic mass is 10.2. The van der Waals surface area contributed by atoms with E-state index in [0.29, 0.717) is 5.57 Å². The third kappa shape index (κ3) is 5.96. The van der Waals surface area contributed by atoms with Gasteiger partial charge in [0, 0.05) is 5.57 Å². The van der Waals surface area contributed by atoms with Gasteiger partial charge in [0.15, 0.2) is 0 Å². The van der Waals surface area contributed by atoms with E-state index in [4.69, 9.17) is 4.74 Å². The van der Waals surface area contributed by atoms with E-state index in [1.807, 2.05) is 6.08 Å². The Hall–Kier alpha value is -1.25. The second-order valence-electron chi connectivity index (χ2n) is 2.56. The van der Waals surface area contributed by atoms with Crippen molar-refractivity contribution in [1.82, 2.24) is 0 Å². The van der Waals surface area contributed by atoms with E-state index in [-0.39, 0.29) is 12.8 Å². The number of esters is 1. The van der Waals surface area contributed by atoms with E-state index >= 15 is 0 Å². The maximum absolute atomic E-state index is 11.1. The number of unbranched alkanes of at least 4 members (excludes halogenated alkanes) is 1. The summed E-state index contributed by atoms with van der Waals surface area (Å²) in [6.07, 6.45) is 5.01. The summed E-state index contributed by atoms with van der Waals surface area (Å²) in [5, 5.41) is 0. The molecule has 0 aliphatic heterocycles. The molecule has 0 unspecified atom stereocenters. The molecule has 0 aromatic heterocycles. The van der Waals surface area contributed by atoms with Crippen molar-refractivity contribution in [3.05, 3.63) is 24.5 Å². The topological polar surface area (TPSA) is 35.5 Å². The van der Waals surface area contributed by atoms with Crippen LogP contribution in [0, 0.1) is 0 Å². The molecule has 0 spiro atoms. The molecule has 0 rings (SSSR count). The average Bonchev–Trinajstić information content (AvgIpc) is 2.14. The third-order valence-electron chi connectivity index (χ3n) is 1.44. The van der Waals surface area contributed by atoms with Gasteiger partial charge in [-0.05, 0) is 13.3 Å². The lowest BCUT2D eigenvalue weighted by Gasteiger charge is -2.03. The molecule has 0 heterocycles. The van der Waals surface area contributed by atoms with Crippen LogP contribution >= 0.6 is 0 Å². The summed E-state index contributed by atoms with van der Waals surface area (Å²) in [6, 6.07) is 0. The van der Waals surface area contributed by atoms with Gasteiger partial charge in [0.2, 0.25) is 6.79 Å². The SMILES string of the molecule is C=COCOC(=O)C(C)=CCCC. The summed E-state index contributed by atoms with van der Waals surface area (Å²) in [6.45, 7) is 7.03. The Morgan fingerprint density at radius 1 is 1.54 bits per heavy atom. The van der Waals surface area contributed by atoms with Gasteiger partial charge in [0.25, 0.3) is 0 Å². The number of hydrogen-bond acceptors (Lipinski definition) is 3. The Labute approximate surface area is 79.0 Å². The van der Waals surface area contributed by atoms with E-state index in [9.17, 15) is 4.79 Å². The monoisotopic (exact) mass is 184 g/mol.